The van der Waals surface area contributed by atoms with Crippen LogP contribution in [0.15, 0.2) is 29.2 Å². The maximum absolute atomic E-state index is 12.1. The largest absolute Gasteiger partial charge is 0.303 e. The number of rotatable bonds is 6. The summed E-state index contributed by atoms with van der Waals surface area (Å²) < 4.78 is 24.1. The summed E-state index contributed by atoms with van der Waals surface area (Å²) in [6, 6.07) is 8.03. The average molecular weight is 266 g/mol. The molecule has 4 nitrogen and oxygen atoms in total. The molecule has 1 rings (SSSR count). The van der Waals surface area contributed by atoms with Crippen molar-refractivity contribution in [3.8, 4) is 6.07 Å². The summed E-state index contributed by atoms with van der Waals surface area (Å²) in [6.45, 7) is 6.25. The van der Waals surface area contributed by atoms with Crippen molar-refractivity contribution in [3.05, 3.63) is 29.8 Å². The fraction of sp³-hybridized carbons (Fsp3) is 0.462. The van der Waals surface area contributed by atoms with Crippen molar-refractivity contribution in [2.24, 2.45) is 0 Å². The molecule has 0 unspecified atom stereocenters. The lowest BCUT2D eigenvalue weighted by atomic mass is 10.2. The van der Waals surface area contributed by atoms with Gasteiger partial charge in [0.1, 0.15) is 0 Å². The topological polar surface area (TPSA) is 61.2 Å². The van der Waals surface area contributed by atoms with E-state index in [1.165, 1.54) is 24.3 Å². The van der Waals surface area contributed by atoms with Crippen molar-refractivity contribution >= 4 is 9.84 Å². The molecule has 0 radical (unpaired) electrons. The fourth-order valence-electron chi connectivity index (χ4n) is 1.64. The molecule has 0 saturated heterocycles. The lowest BCUT2D eigenvalue weighted by molar-refractivity contribution is 0.321. The molecule has 0 fully saturated rings. The Morgan fingerprint density at radius 3 is 2.17 bits per heavy atom. The Morgan fingerprint density at radius 2 is 1.72 bits per heavy atom. The molecule has 98 valence electrons. The summed E-state index contributed by atoms with van der Waals surface area (Å²) >= 11 is 0. The maximum atomic E-state index is 12.1. The zero-order valence-corrected chi connectivity index (χ0v) is 11.6. The molecule has 0 spiro atoms. The Morgan fingerprint density at radius 1 is 1.17 bits per heavy atom. The highest BCUT2D eigenvalue weighted by atomic mass is 32.2. The van der Waals surface area contributed by atoms with E-state index >= 15 is 0 Å². The van der Waals surface area contributed by atoms with Crippen LogP contribution < -0.4 is 0 Å². The predicted molar refractivity (Wildman–Crippen MR) is 71.0 cm³/mol. The SMILES string of the molecule is CCN(CC)CCS(=O)(=O)c1ccc(C#N)cc1. The van der Waals surface area contributed by atoms with Gasteiger partial charge in [-0.15, -0.1) is 0 Å². The molecule has 0 saturated carbocycles. The Labute approximate surface area is 109 Å². The number of nitrogens with zero attached hydrogens (tertiary/aromatic N) is 2. The highest BCUT2D eigenvalue weighted by molar-refractivity contribution is 7.91. The van der Waals surface area contributed by atoms with E-state index < -0.39 is 9.84 Å². The van der Waals surface area contributed by atoms with Crippen molar-refractivity contribution in [2.45, 2.75) is 18.7 Å². The van der Waals surface area contributed by atoms with Crippen molar-refractivity contribution in [1.82, 2.24) is 4.90 Å². The first-order valence-corrected chi connectivity index (χ1v) is 7.64. The van der Waals surface area contributed by atoms with Gasteiger partial charge < -0.3 is 4.90 Å². The summed E-state index contributed by atoms with van der Waals surface area (Å²) in [4.78, 5) is 2.36. The van der Waals surface area contributed by atoms with Crippen LogP contribution in [0, 0.1) is 11.3 Å². The molecule has 0 amide bonds. The quantitative estimate of drug-likeness (QED) is 0.786. The molecule has 0 aliphatic carbocycles. The van der Waals surface area contributed by atoms with E-state index in [9.17, 15) is 8.42 Å². The van der Waals surface area contributed by atoms with Gasteiger partial charge in [0.15, 0.2) is 9.84 Å². The first-order chi connectivity index (χ1) is 8.53. The fourth-order valence-corrected chi connectivity index (χ4v) is 2.93. The van der Waals surface area contributed by atoms with Gasteiger partial charge >= 0.3 is 0 Å². The van der Waals surface area contributed by atoms with Gasteiger partial charge in [-0.2, -0.15) is 5.26 Å². The second-order valence-corrected chi connectivity index (χ2v) is 6.09. The molecule has 0 aliphatic heterocycles. The number of nitriles is 1. The van der Waals surface area contributed by atoms with E-state index in [2.05, 4.69) is 4.90 Å². The normalized spacial score (nSPS) is 11.4. The van der Waals surface area contributed by atoms with E-state index in [-0.39, 0.29) is 10.6 Å². The summed E-state index contributed by atoms with van der Waals surface area (Å²) in [7, 11) is -3.25. The molecule has 0 bridgehead atoms. The summed E-state index contributed by atoms with van der Waals surface area (Å²) in [5, 5.41) is 8.67. The van der Waals surface area contributed by atoms with E-state index in [0.717, 1.165) is 13.1 Å². The molecule has 0 aliphatic rings. The molecule has 1 aromatic rings. The molecular weight excluding hydrogens is 248 g/mol. The first-order valence-electron chi connectivity index (χ1n) is 5.98. The molecule has 5 heteroatoms. The Bertz CT molecular complexity index is 511. The number of sulfone groups is 1. The van der Waals surface area contributed by atoms with Crippen molar-refractivity contribution < 1.29 is 8.42 Å². The third kappa shape index (κ3) is 3.83. The maximum Gasteiger partial charge on any atom is 0.179 e. The Hall–Kier alpha value is -1.38. The summed E-state index contributed by atoms with van der Waals surface area (Å²) in [5.74, 6) is 0.112. The zero-order chi connectivity index (χ0) is 13.6. The van der Waals surface area contributed by atoms with Crippen LogP contribution in [0.1, 0.15) is 19.4 Å². The second-order valence-electron chi connectivity index (χ2n) is 3.98. The highest BCUT2D eigenvalue weighted by Crippen LogP contribution is 2.12. The number of hydrogen-bond acceptors (Lipinski definition) is 4. The van der Waals surface area contributed by atoms with Crippen LogP contribution in [0.5, 0.6) is 0 Å². The van der Waals surface area contributed by atoms with Gasteiger partial charge in [-0.1, -0.05) is 13.8 Å². The molecule has 0 aromatic heterocycles. The standard InChI is InChI=1S/C13H18N2O2S/c1-3-15(4-2)9-10-18(16,17)13-7-5-12(11-14)6-8-13/h5-8H,3-4,9-10H2,1-2H3. The monoisotopic (exact) mass is 266 g/mol. The Kier molecular flexibility index (Phi) is 5.32. The van der Waals surface area contributed by atoms with Gasteiger partial charge in [0.05, 0.1) is 22.3 Å². The zero-order valence-electron chi connectivity index (χ0n) is 10.8. The molecule has 0 heterocycles. The molecular formula is C13H18N2O2S. The smallest absolute Gasteiger partial charge is 0.179 e. The number of hydrogen-bond donors (Lipinski definition) is 0. The number of benzene rings is 1. The van der Waals surface area contributed by atoms with Crippen LogP contribution >= 0.6 is 0 Å². The van der Waals surface area contributed by atoms with E-state index in [1.807, 2.05) is 19.9 Å². The van der Waals surface area contributed by atoms with Gasteiger partial charge in [0.25, 0.3) is 0 Å². The lowest BCUT2D eigenvalue weighted by Gasteiger charge is -2.17. The van der Waals surface area contributed by atoms with Crippen LogP contribution in [0.2, 0.25) is 0 Å². The van der Waals surface area contributed by atoms with Gasteiger partial charge in [-0.3, -0.25) is 0 Å². The van der Waals surface area contributed by atoms with Gasteiger partial charge in [0.2, 0.25) is 0 Å². The summed E-state index contributed by atoms with van der Waals surface area (Å²) in [6.07, 6.45) is 0. The molecule has 0 atom stereocenters. The minimum absolute atomic E-state index is 0.112. The van der Waals surface area contributed by atoms with Crippen LogP contribution in [0.3, 0.4) is 0 Å². The van der Waals surface area contributed by atoms with Crippen molar-refractivity contribution in [3.63, 3.8) is 0 Å². The highest BCUT2D eigenvalue weighted by Gasteiger charge is 2.15. The average Bonchev–Trinajstić information content (AvgIpc) is 2.40. The van der Waals surface area contributed by atoms with Gasteiger partial charge in [0, 0.05) is 6.54 Å². The minimum Gasteiger partial charge on any atom is -0.303 e. The lowest BCUT2D eigenvalue weighted by Crippen LogP contribution is -2.29. The van der Waals surface area contributed by atoms with Crippen molar-refractivity contribution in [1.29, 1.82) is 5.26 Å². The van der Waals surface area contributed by atoms with E-state index in [4.69, 9.17) is 5.26 Å². The van der Waals surface area contributed by atoms with Gasteiger partial charge in [-0.25, -0.2) is 8.42 Å². The first kappa shape index (κ1) is 14.7. The van der Waals surface area contributed by atoms with Crippen molar-refractivity contribution in [2.75, 3.05) is 25.4 Å². The van der Waals surface area contributed by atoms with E-state index in [1.54, 1.807) is 0 Å². The third-order valence-corrected chi connectivity index (χ3v) is 4.62. The molecule has 0 N–H and O–H groups in total. The molecule has 18 heavy (non-hydrogen) atoms. The predicted octanol–water partition coefficient (Wildman–Crippen LogP) is 1.67. The van der Waals surface area contributed by atoms with Gasteiger partial charge in [-0.05, 0) is 37.4 Å². The van der Waals surface area contributed by atoms with Crippen LogP contribution in [0.4, 0.5) is 0 Å². The summed E-state index contributed by atoms with van der Waals surface area (Å²) in [5.41, 5.74) is 0.470. The minimum atomic E-state index is -3.25. The van der Waals surface area contributed by atoms with Crippen LogP contribution in [-0.2, 0) is 9.84 Å². The Balaban J connectivity index is 2.77. The second kappa shape index (κ2) is 6.53. The third-order valence-electron chi connectivity index (χ3n) is 2.91. The molecule has 1 aromatic carbocycles. The van der Waals surface area contributed by atoms with E-state index in [0.29, 0.717) is 12.1 Å². The van der Waals surface area contributed by atoms with Crippen LogP contribution in [0.25, 0.3) is 0 Å². The van der Waals surface area contributed by atoms with Crippen LogP contribution in [-0.4, -0.2) is 38.7 Å².